The van der Waals surface area contributed by atoms with Crippen LogP contribution in [-0.4, -0.2) is 69.8 Å². The molecule has 1 aliphatic carbocycles. The van der Waals surface area contributed by atoms with Crippen LogP contribution in [0.3, 0.4) is 0 Å². The van der Waals surface area contributed by atoms with E-state index in [1.54, 1.807) is 0 Å². The van der Waals surface area contributed by atoms with Gasteiger partial charge in [-0.05, 0) is 45.1 Å². The predicted octanol–water partition coefficient (Wildman–Crippen LogP) is 1.30. The molecule has 0 aromatic heterocycles. The van der Waals surface area contributed by atoms with Crippen LogP contribution in [0, 0.1) is 0 Å². The van der Waals surface area contributed by atoms with Crippen LogP contribution in [-0.2, 0) is 4.79 Å². The SMILES string of the molecule is O=C(O)C1CCCN1C1CCN(C2CCCCC2O)CC1. The van der Waals surface area contributed by atoms with Crippen molar-refractivity contribution in [1.29, 1.82) is 0 Å². The van der Waals surface area contributed by atoms with Crippen molar-refractivity contribution in [2.75, 3.05) is 19.6 Å². The number of hydrogen-bond acceptors (Lipinski definition) is 4. The summed E-state index contributed by atoms with van der Waals surface area (Å²) in [5.41, 5.74) is 0. The van der Waals surface area contributed by atoms with Crippen LogP contribution >= 0.6 is 0 Å². The first-order valence-electron chi connectivity index (χ1n) is 8.57. The average Bonchev–Trinajstić information content (AvgIpc) is 2.98. The lowest BCUT2D eigenvalue weighted by Crippen LogP contribution is -2.53. The van der Waals surface area contributed by atoms with Crippen molar-refractivity contribution < 1.29 is 15.0 Å². The molecule has 1 saturated carbocycles. The summed E-state index contributed by atoms with van der Waals surface area (Å²) in [5, 5.41) is 19.5. The minimum Gasteiger partial charge on any atom is -0.480 e. The second kappa shape index (κ2) is 6.63. The molecule has 0 amide bonds. The second-order valence-corrected chi connectivity index (χ2v) is 6.92. The molecule has 3 unspecified atom stereocenters. The third-order valence-corrected chi connectivity index (χ3v) is 5.71. The number of aliphatic hydroxyl groups excluding tert-OH is 1. The van der Waals surface area contributed by atoms with Crippen molar-refractivity contribution in [2.45, 2.75) is 75.6 Å². The highest BCUT2D eigenvalue weighted by atomic mass is 16.4. The van der Waals surface area contributed by atoms with Gasteiger partial charge in [-0.1, -0.05) is 12.8 Å². The lowest BCUT2D eigenvalue weighted by atomic mass is 9.89. The fraction of sp³-hybridized carbons (Fsp3) is 0.938. The molecule has 0 radical (unpaired) electrons. The number of aliphatic carboxylic acids is 1. The van der Waals surface area contributed by atoms with Gasteiger partial charge in [-0.25, -0.2) is 0 Å². The first-order chi connectivity index (χ1) is 10.2. The number of nitrogens with zero attached hydrogens (tertiary/aromatic N) is 2. The molecular formula is C16H28N2O3. The molecule has 2 aliphatic heterocycles. The van der Waals surface area contributed by atoms with Gasteiger partial charge in [0, 0.05) is 25.2 Å². The van der Waals surface area contributed by atoms with Crippen LogP contribution < -0.4 is 0 Å². The number of aliphatic hydroxyl groups is 1. The third kappa shape index (κ3) is 3.25. The molecule has 2 saturated heterocycles. The minimum absolute atomic E-state index is 0.158. The van der Waals surface area contributed by atoms with Gasteiger partial charge in [0.15, 0.2) is 0 Å². The predicted molar refractivity (Wildman–Crippen MR) is 80.2 cm³/mol. The molecule has 0 aromatic rings. The molecule has 21 heavy (non-hydrogen) atoms. The summed E-state index contributed by atoms with van der Waals surface area (Å²) in [5.74, 6) is -0.655. The van der Waals surface area contributed by atoms with Crippen LogP contribution in [0.2, 0.25) is 0 Å². The molecule has 0 bridgehead atoms. The van der Waals surface area contributed by atoms with Crippen LogP contribution in [0.1, 0.15) is 51.4 Å². The quantitative estimate of drug-likeness (QED) is 0.822. The lowest BCUT2D eigenvalue weighted by Gasteiger charge is -2.44. The maximum Gasteiger partial charge on any atom is 0.320 e. The summed E-state index contributed by atoms with van der Waals surface area (Å²) < 4.78 is 0. The summed E-state index contributed by atoms with van der Waals surface area (Å²) in [7, 11) is 0. The van der Waals surface area contributed by atoms with Gasteiger partial charge in [0.2, 0.25) is 0 Å². The molecule has 120 valence electrons. The van der Waals surface area contributed by atoms with Crippen molar-refractivity contribution in [3.63, 3.8) is 0 Å². The zero-order chi connectivity index (χ0) is 14.8. The first kappa shape index (κ1) is 15.3. The first-order valence-corrected chi connectivity index (χ1v) is 8.57. The standard InChI is InChI=1S/C16H28N2O3/c19-15-6-2-1-4-13(15)17-10-7-12(8-11-17)18-9-3-5-14(18)16(20)21/h12-15,19H,1-11H2,(H,20,21). The van der Waals surface area contributed by atoms with Crippen molar-refractivity contribution in [2.24, 2.45) is 0 Å². The minimum atomic E-state index is -0.655. The summed E-state index contributed by atoms with van der Waals surface area (Å²) in [6.45, 7) is 2.96. The number of rotatable bonds is 3. The van der Waals surface area contributed by atoms with Gasteiger partial charge >= 0.3 is 5.97 Å². The van der Waals surface area contributed by atoms with Gasteiger partial charge in [0.1, 0.15) is 6.04 Å². The molecule has 0 spiro atoms. The molecule has 3 atom stereocenters. The second-order valence-electron chi connectivity index (χ2n) is 6.92. The van der Waals surface area contributed by atoms with E-state index in [1.807, 2.05) is 0 Å². The molecule has 3 rings (SSSR count). The zero-order valence-electron chi connectivity index (χ0n) is 12.8. The maximum atomic E-state index is 11.3. The number of carboxylic acids is 1. The molecule has 2 heterocycles. The Morgan fingerprint density at radius 3 is 2.29 bits per heavy atom. The van der Waals surface area contributed by atoms with E-state index in [0.29, 0.717) is 12.1 Å². The fourth-order valence-corrected chi connectivity index (χ4v) is 4.56. The molecule has 3 aliphatic rings. The summed E-state index contributed by atoms with van der Waals surface area (Å²) in [6, 6.07) is 0.501. The maximum absolute atomic E-state index is 11.3. The molecular weight excluding hydrogens is 268 g/mol. The van der Waals surface area contributed by atoms with Crippen LogP contribution in [0.15, 0.2) is 0 Å². The van der Waals surface area contributed by atoms with E-state index in [0.717, 1.165) is 64.6 Å². The van der Waals surface area contributed by atoms with Crippen LogP contribution in [0.5, 0.6) is 0 Å². The van der Waals surface area contributed by atoms with Crippen molar-refractivity contribution in [3.05, 3.63) is 0 Å². The van der Waals surface area contributed by atoms with Crippen LogP contribution in [0.25, 0.3) is 0 Å². The van der Waals surface area contributed by atoms with Crippen LogP contribution in [0.4, 0.5) is 0 Å². The van der Waals surface area contributed by atoms with E-state index in [9.17, 15) is 15.0 Å². The number of piperidine rings is 1. The molecule has 2 N–H and O–H groups in total. The monoisotopic (exact) mass is 296 g/mol. The van der Waals surface area contributed by atoms with E-state index in [4.69, 9.17) is 0 Å². The van der Waals surface area contributed by atoms with Gasteiger partial charge in [0.25, 0.3) is 0 Å². The van der Waals surface area contributed by atoms with Gasteiger partial charge in [-0.3, -0.25) is 14.6 Å². The number of carbonyl (C=O) groups is 1. The van der Waals surface area contributed by atoms with Crippen molar-refractivity contribution in [1.82, 2.24) is 9.80 Å². The Morgan fingerprint density at radius 2 is 1.62 bits per heavy atom. The van der Waals surface area contributed by atoms with E-state index in [-0.39, 0.29) is 12.1 Å². The van der Waals surface area contributed by atoms with Crippen molar-refractivity contribution >= 4 is 5.97 Å². The topological polar surface area (TPSA) is 64.0 Å². The molecule has 0 aromatic carbocycles. The number of likely N-dealkylation sites (tertiary alicyclic amines) is 2. The lowest BCUT2D eigenvalue weighted by molar-refractivity contribution is -0.143. The Hall–Kier alpha value is -0.650. The zero-order valence-corrected chi connectivity index (χ0v) is 12.8. The Kier molecular flexibility index (Phi) is 4.82. The Balaban J connectivity index is 1.54. The highest BCUT2D eigenvalue weighted by molar-refractivity contribution is 5.73. The number of hydrogen-bond donors (Lipinski definition) is 2. The van der Waals surface area contributed by atoms with E-state index >= 15 is 0 Å². The van der Waals surface area contributed by atoms with E-state index in [2.05, 4.69) is 9.80 Å². The fourth-order valence-electron chi connectivity index (χ4n) is 4.56. The Labute approximate surface area is 126 Å². The summed E-state index contributed by atoms with van der Waals surface area (Å²) in [6.07, 6.45) is 8.20. The van der Waals surface area contributed by atoms with Gasteiger partial charge in [0.05, 0.1) is 6.10 Å². The largest absolute Gasteiger partial charge is 0.480 e. The van der Waals surface area contributed by atoms with E-state index in [1.165, 1.54) is 6.42 Å². The summed E-state index contributed by atoms with van der Waals surface area (Å²) in [4.78, 5) is 16.0. The third-order valence-electron chi connectivity index (χ3n) is 5.71. The highest BCUT2D eigenvalue weighted by Crippen LogP contribution is 2.30. The summed E-state index contributed by atoms with van der Waals surface area (Å²) >= 11 is 0. The normalized spacial score (nSPS) is 36.9. The number of carboxylic acid groups (broad SMARTS) is 1. The van der Waals surface area contributed by atoms with E-state index < -0.39 is 5.97 Å². The molecule has 3 fully saturated rings. The van der Waals surface area contributed by atoms with Crippen molar-refractivity contribution in [3.8, 4) is 0 Å². The molecule has 5 nitrogen and oxygen atoms in total. The van der Waals surface area contributed by atoms with Gasteiger partial charge in [-0.2, -0.15) is 0 Å². The Bertz CT molecular complexity index is 369. The van der Waals surface area contributed by atoms with Gasteiger partial charge in [-0.15, -0.1) is 0 Å². The molecule has 5 heteroatoms. The van der Waals surface area contributed by atoms with Gasteiger partial charge < -0.3 is 10.2 Å². The Morgan fingerprint density at radius 1 is 0.905 bits per heavy atom. The highest BCUT2D eigenvalue weighted by Gasteiger charge is 2.38. The average molecular weight is 296 g/mol. The smallest absolute Gasteiger partial charge is 0.320 e.